The second kappa shape index (κ2) is 9.18. The lowest BCUT2D eigenvalue weighted by molar-refractivity contribution is -0.128. The molecule has 0 unspecified atom stereocenters. The van der Waals surface area contributed by atoms with Crippen molar-refractivity contribution in [2.75, 3.05) is 6.54 Å². The van der Waals surface area contributed by atoms with Gasteiger partial charge in [-0.15, -0.1) is 11.3 Å². The fraction of sp³-hybridized carbons (Fsp3) is 0.0952. The number of thiocarbonyl (C=S) groups is 1. The van der Waals surface area contributed by atoms with E-state index in [1.165, 1.54) is 4.90 Å². The lowest BCUT2D eigenvalue weighted by Crippen LogP contribution is -2.39. The summed E-state index contributed by atoms with van der Waals surface area (Å²) in [6.07, 6.45) is 1.63. The van der Waals surface area contributed by atoms with Crippen molar-refractivity contribution in [2.24, 2.45) is 0 Å². The minimum absolute atomic E-state index is 0.115. The Kier molecular flexibility index (Phi) is 6.38. The van der Waals surface area contributed by atoms with Gasteiger partial charge in [0.05, 0.1) is 16.5 Å². The highest BCUT2D eigenvalue weighted by molar-refractivity contribution is 8.26. The predicted octanol–water partition coefficient (Wildman–Crippen LogP) is 5.18. The molecule has 0 bridgehead atoms. The minimum Gasteiger partial charge on any atom is -0.457 e. The second-order valence-electron chi connectivity index (χ2n) is 6.31. The van der Waals surface area contributed by atoms with E-state index >= 15 is 0 Å². The summed E-state index contributed by atoms with van der Waals surface area (Å²) < 4.78 is 6.17. The molecule has 1 aliphatic heterocycles. The van der Waals surface area contributed by atoms with Crippen LogP contribution in [-0.2, 0) is 16.1 Å². The van der Waals surface area contributed by atoms with Crippen molar-refractivity contribution in [3.05, 3.63) is 74.5 Å². The Morgan fingerprint density at radius 2 is 2.03 bits per heavy atom. The van der Waals surface area contributed by atoms with Gasteiger partial charge in [-0.25, -0.2) is 0 Å². The third-order valence-corrected chi connectivity index (χ3v) is 6.84. The molecule has 30 heavy (non-hydrogen) atoms. The first kappa shape index (κ1) is 20.9. The van der Waals surface area contributed by atoms with E-state index in [9.17, 15) is 9.59 Å². The molecule has 0 atom stereocenters. The minimum atomic E-state index is -0.313. The van der Waals surface area contributed by atoms with E-state index in [1.54, 1.807) is 35.6 Å². The van der Waals surface area contributed by atoms with Crippen LogP contribution < -0.4 is 5.32 Å². The Morgan fingerprint density at radius 1 is 1.20 bits per heavy atom. The first-order chi connectivity index (χ1) is 14.5. The van der Waals surface area contributed by atoms with Gasteiger partial charge in [-0.1, -0.05) is 53.8 Å². The molecule has 4 rings (SSSR count). The van der Waals surface area contributed by atoms with E-state index in [-0.39, 0.29) is 18.4 Å². The molecule has 1 saturated heterocycles. The zero-order chi connectivity index (χ0) is 21.1. The van der Waals surface area contributed by atoms with Crippen LogP contribution in [0, 0.1) is 0 Å². The van der Waals surface area contributed by atoms with Crippen LogP contribution in [0.2, 0.25) is 5.02 Å². The molecule has 9 heteroatoms. The highest BCUT2D eigenvalue weighted by Crippen LogP contribution is 2.34. The molecule has 152 valence electrons. The molecule has 3 heterocycles. The molecule has 0 saturated carbocycles. The molecule has 0 spiro atoms. The Bertz CT molecular complexity index is 1140. The summed E-state index contributed by atoms with van der Waals surface area (Å²) in [5.41, 5.74) is 0.772. The Balaban J connectivity index is 1.43. The smallest absolute Gasteiger partial charge is 0.266 e. The van der Waals surface area contributed by atoms with E-state index in [4.69, 9.17) is 28.2 Å². The summed E-state index contributed by atoms with van der Waals surface area (Å²) in [6.45, 7) is 0.314. The fourth-order valence-corrected chi connectivity index (χ4v) is 4.91. The maximum atomic E-state index is 12.7. The number of hydrogen-bond donors (Lipinski definition) is 1. The number of nitrogens with one attached hydrogen (secondary N) is 1. The van der Waals surface area contributed by atoms with Crippen LogP contribution in [-0.4, -0.2) is 27.6 Å². The topological polar surface area (TPSA) is 62.6 Å². The van der Waals surface area contributed by atoms with Gasteiger partial charge in [-0.05, 0) is 35.7 Å². The SMILES string of the molecule is O=C(CN1C(=O)C(=Cc2ccc(-c3ccccc3Cl)o2)SC1=S)NCc1cccs1. The fourth-order valence-electron chi connectivity index (χ4n) is 2.80. The van der Waals surface area contributed by atoms with Crippen molar-refractivity contribution in [1.29, 1.82) is 0 Å². The van der Waals surface area contributed by atoms with Gasteiger partial charge in [0, 0.05) is 16.5 Å². The summed E-state index contributed by atoms with van der Waals surface area (Å²) in [5, 5.41) is 5.33. The average molecular weight is 475 g/mol. The number of rotatable bonds is 6. The van der Waals surface area contributed by atoms with E-state index in [2.05, 4.69) is 5.32 Å². The first-order valence-electron chi connectivity index (χ1n) is 8.90. The lowest BCUT2D eigenvalue weighted by Gasteiger charge is -2.13. The molecule has 2 aromatic heterocycles. The highest BCUT2D eigenvalue weighted by atomic mass is 35.5. The number of halogens is 1. The van der Waals surface area contributed by atoms with Crippen molar-refractivity contribution in [2.45, 2.75) is 6.54 Å². The van der Waals surface area contributed by atoms with Crippen molar-refractivity contribution >= 4 is 69.1 Å². The summed E-state index contributed by atoms with van der Waals surface area (Å²) in [6, 6.07) is 14.8. The third-order valence-electron chi connectivity index (χ3n) is 4.25. The monoisotopic (exact) mass is 474 g/mol. The number of hydrogen-bond acceptors (Lipinski definition) is 6. The zero-order valence-corrected chi connectivity index (χ0v) is 18.7. The molecule has 3 aromatic rings. The van der Waals surface area contributed by atoms with E-state index < -0.39 is 0 Å². The van der Waals surface area contributed by atoms with Gasteiger partial charge in [-0.3, -0.25) is 14.5 Å². The van der Waals surface area contributed by atoms with Crippen LogP contribution in [0.1, 0.15) is 10.6 Å². The van der Waals surface area contributed by atoms with E-state index in [0.717, 1.165) is 22.2 Å². The molecule has 5 nitrogen and oxygen atoms in total. The number of carbonyl (C=O) groups excluding carboxylic acids is 2. The summed E-state index contributed by atoms with van der Waals surface area (Å²) in [7, 11) is 0. The number of carbonyl (C=O) groups is 2. The second-order valence-corrected chi connectivity index (χ2v) is 9.42. The van der Waals surface area contributed by atoms with Crippen molar-refractivity contribution < 1.29 is 14.0 Å². The van der Waals surface area contributed by atoms with Crippen LogP contribution in [0.15, 0.2) is 63.2 Å². The maximum absolute atomic E-state index is 12.7. The van der Waals surface area contributed by atoms with Gasteiger partial charge < -0.3 is 9.73 Å². The normalized spacial score (nSPS) is 15.2. The third kappa shape index (κ3) is 4.67. The van der Waals surface area contributed by atoms with Gasteiger partial charge in [0.2, 0.25) is 5.91 Å². The number of thiophene rings is 1. The summed E-state index contributed by atoms with van der Waals surface area (Å²) >= 11 is 14.2. The van der Waals surface area contributed by atoms with Crippen molar-refractivity contribution in [1.82, 2.24) is 10.2 Å². The molecule has 1 N–H and O–H groups in total. The Hall–Kier alpha value is -2.39. The molecule has 0 aliphatic carbocycles. The first-order valence-corrected chi connectivity index (χ1v) is 11.4. The van der Waals surface area contributed by atoms with Crippen LogP contribution in [0.4, 0.5) is 0 Å². The standard InChI is InChI=1S/C21H15ClN2O3S3/c22-16-6-2-1-5-15(16)17-8-7-13(27-17)10-18-20(26)24(21(28)30-18)12-19(25)23-11-14-4-3-9-29-14/h1-10H,11-12H2,(H,23,25). The van der Waals surface area contributed by atoms with Crippen LogP contribution >= 0.6 is 46.9 Å². The maximum Gasteiger partial charge on any atom is 0.266 e. The molecule has 2 amide bonds. The van der Waals surface area contributed by atoms with E-state index in [0.29, 0.717) is 32.3 Å². The average Bonchev–Trinajstić information content (AvgIpc) is 3.46. The lowest BCUT2D eigenvalue weighted by atomic mass is 10.2. The number of thioether (sulfide) groups is 1. The quantitative estimate of drug-likeness (QED) is 0.394. The molecule has 0 radical (unpaired) electrons. The van der Waals surface area contributed by atoms with E-state index in [1.807, 2.05) is 35.7 Å². The van der Waals surface area contributed by atoms with Crippen LogP contribution in [0.25, 0.3) is 17.4 Å². The van der Waals surface area contributed by atoms with Gasteiger partial charge >= 0.3 is 0 Å². The number of amides is 2. The molecule has 1 aromatic carbocycles. The van der Waals surface area contributed by atoms with Crippen molar-refractivity contribution in [3.8, 4) is 11.3 Å². The van der Waals surface area contributed by atoms with Crippen LogP contribution in [0.5, 0.6) is 0 Å². The highest BCUT2D eigenvalue weighted by Gasteiger charge is 2.33. The molecule has 1 fully saturated rings. The van der Waals surface area contributed by atoms with Crippen LogP contribution in [0.3, 0.4) is 0 Å². The molecular weight excluding hydrogens is 460 g/mol. The number of furan rings is 1. The molecular formula is C21H15ClN2O3S3. The Morgan fingerprint density at radius 3 is 2.80 bits per heavy atom. The largest absolute Gasteiger partial charge is 0.457 e. The zero-order valence-electron chi connectivity index (χ0n) is 15.5. The summed E-state index contributed by atoms with van der Waals surface area (Å²) in [5.74, 6) is 0.537. The Labute approximate surface area is 191 Å². The van der Waals surface area contributed by atoms with Gasteiger partial charge in [0.1, 0.15) is 22.4 Å². The van der Waals surface area contributed by atoms with Gasteiger partial charge in [0.15, 0.2) is 0 Å². The molecule has 1 aliphatic rings. The summed E-state index contributed by atoms with van der Waals surface area (Å²) in [4.78, 5) is 27.7. The number of benzene rings is 1. The van der Waals surface area contributed by atoms with Crippen molar-refractivity contribution in [3.63, 3.8) is 0 Å². The number of nitrogens with zero attached hydrogens (tertiary/aromatic N) is 1. The van der Waals surface area contributed by atoms with Gasteiger partial charge in [0.25, 0.3) is 5.91 Å². The van der Waals surface area contributed by atoms with Gasteiger partial charge in [-0.2, -0.15) is 0 Å². The predicted molar refractivity (Wildman–Crippen MR) is 125 cm³/mol.